The standard InChI is InChI=1S/C22H26N2O3/c1-26-20-12-16-10-11-24(14-17(16)13-21(20)27-2)22(25)19-9-8-18(23-19)15-6-4-3-5-7-15/h3-7,12-13,18-19,23H,8-11,14H2,1-2H3/t18-,19-/m1/s1. The summed E-state index contributed by atoms with van der Waals surface area (Å²) < 4.78 is 10.8. The van der Waals surface area contributed by atoms with Gasteiger partial charge in [0.25, 0.3) is 0 Å². The summed E-state index contributed by atoms with van der Waals surface area (Å²) in [5.74, 6) is 1.67. The Morgan fingerprint density at radius 1 is 1.04 bits per heavy atom. The summed E-state index contributed by atoms with van der Waals surface area (Å²) in [5, 5.41) is 3.53. The van der Waals surface area contributed by atoms with E-state index in [2.05, 4.69) is 29.6 Å². The Hall–Kier alpha value is -2.53. The molecule has 27 heavy (non-hydrogen) atoms. The van der Waals surface area contributed by atoms with Crippen LogP contribution in [0.4, 0.5) is 0 Å². The van der Waals surface area contributed by atoms with Gasteiger partial charge < -0.3 is 14.4 Å². The predicted octanol–water partition coefficient (Wildman–Crippen LogP) is 3.08. The maximum absolute atomic E-state index is 13.1. The van der Waals surface area contributed by atoms with Crippen molar-refractivity contribution >= 4 is 5.91 Å². The normalized spacial score (nSPS) is 21.6. The van der Waals surface area contributed by atoms with E-state index in [-0.39, 0.29) is 18.0 Å². The molecule has 2 aromatic rings. The summed E-state index contributed by atoms with van der Waals surface area (Å²) in [6, 6.07) is 14.6. The molecule has 1 fully saturated rings. The summed E-state index contributed by atoms with van der Waals surface area (Å²) in [6.45, 7) is 1.37. The molecule has 1 saturated heterocycles. The van der Waals surface area contributed by atoms with Gasteiger partial charge in [0, 0.05) is 19.1 Å². The van der Waals surface area contributed by atoms with Gasteiger partial charge in [0.15, 0.2) is 11.5 Å². The van der Waals surface area contributed by atoms with Crippen LogP contribution >= 0.6 is 0 Å². The number of rotatable bonds is 4. The van der Waals surface area contributed by atoms with Crippen LogP contribution in [0.25, 0.3) is 0 Å². The average molecular weight is 366 g/mol. The summed E-state index contributed by atoms with van der Waals surface area (Å²) in [7, 11) is 3.29. The molecule has 0 saturated carbocycles. The second-order valence-corrected chi connectivity index (χ2v) is 7.25. The van der Waals surface area contributed by atoms with Crippen LogP contribution < -0.4 is 14.8 Å². The van der Waals surface area contributed by atoms with Gasteiger partial charge in [0.1, 0.15) is 0 Å². The first-order valence-corrected chi connectivity index (χ1v) is 9.53. The Balaban J connectivity index is 1.45. The van der Waals surface area contributed by atoms with E-state index >= 15 is 0 Å². The quantitative estimate of drug-likeness (QED) is 0.904. The fourth-order valence-electron chi connectivity index (χ4n) is 4.18. The zero-order chi connectivity index (χ0) is 18.8. The van der Waals surface area contributed by atoms with Crippen molar-refractivity contribution in [1.29, 1.82) is 0 Å². The molecule has 142 valence electrons. The molecular weight excluding hydrogens is 340 g/mol. The number of methoxy groups -OCH3 is 2. The van der Waals surface area contributed by atoms with Crippen molar-refractivity contribution in [3.8, 4) is 11.5 Å². The molecule has 0 spiro atoms. The molecule has 2 atom stereocenters. The van der Waals surface area contributed by atoms with Gasteiger partial charge in [-0.2, -0.15) is 0 Å². The fraction of sp³-hybridized carbons (Fsp3) is 0.409. The molecule has 2 heterocycles. The van der Waals surface area contributed by atoms with Gasteiger partial charge >= 0.3 is 0 Å². The molecule has 5 nitrogen and oxygen atoms in total. The van der Waals surface area contributed by atoms with E-state index in [9.17, 15) is 4.79 Å². The van der Waals surface area contributed by atoms with Crippen LogP contribution in [0, 0.1) is 0 Å². The van der Waals surface area contributed by atoms with Crippen LogP contribution in [0.2, 0.25) is 0 Å². The van der Waals surface area contributed by atoms with Gasteiger partial charge in [-0.15, -0.1) is 0 Å². The van der Waals surface area contributed by atoms with Crippen molar-refractivity contribution in [2.45, 2.75) is 37.9 Å². The highest BCUT2D eigenvalue weighted by atomic mass is 16.5. The van der Waals surface area contributed by atoms with Gasteiger partial charge in [-0.05, 0) is 48.1 Å². The highest BCUT2D eigenvalue weighted by Gasteiger charge is 2.34. The van der Waals surface area contributed by atoms with E-state index in [1.807, 2.05) is 23.1 Å². The number of carbonyl (C=O) groups excluding carboxylic acids is 1. The molecule has 0 aromatic heterocycles. The topological polar surface area (TPSA) is 50.8 Å². The highest BCUT2D eigenvalue weighted by Crippen LogP contribution is 2.34. The van der Waals surface area contributed by atoms with Crippen molar-refractivity contribution in [3.63, 3.8) is 0 Å². The van der Waals surface area contributed by atoms with E-state index in [0.29, 0.717) is 12.3 Å². The Kier molecular flexibility index (Phi) is 5.03. The number of hydrogen-bond donors (Lipinski definition) is 1. The molecule has 5 heteroatoms. The third-order valence-corrected chi connectivity index (χ3v) is 5.68. The van der Waals surface area contributed by atoms with E-state index in [1.165, 1.54) is 11.1 Å². The first-order chi connectivity index (χ1) is 13.2. The zero-order valence-electron chi connectivity index (χ0n) is 15.9. The molecular formula is C22H26N2O3. The SMILES string of the molecule is COc1cc2c(cc1OC)CN(C(=O)[C@H]1CC[C@H](c3ccccc3)N1)CC2. The monoisotopic (exact) mass is 366 g/mol. The van der Waals surface area contributed by atoms with Gasteiger partial charge in [0.05, 0.1) is 20.3 Å². The molecule has 0 unspecified atom stereocenters. The molecule has 2 aliphatic rings. The smallest absolute Gasteiger partial charge is 0.240 e. The maximum atomic E-state index is 13.1. The van der Waals surface area contributed by atoms with Gasteiger partial charge in [0.2, 0.25) is 5.91 Å². The average Bonchev–Trinajstić information content (AvgIpc) is 3.22. The number of fused-ring (bicyclic) bond motifs is 1. The summed E-state index contributed by atoms with van der Waals surface area (Å²) >= 11 is 0. The molecule has 0 bridgehead atoms. The summed E-state index contributed by atoms with van der Waals surface area (Å²) in [5.41, 5.74) is 3.64. The Morgan fingerprint density at radius 3 is 2.44 bits per heavy atom. The molecule has 0 radical (unpaired) electrons. The second-order valence-electron chi connectivity index (χ2n) is 7.25. The lowest BCUT2D eigenvalue weighted by molar-refractivity contribution is -0.134. The molecule has 2 aliphatic heterocycles. The zero-order valence-corrected chi connectivity index (χ0v) is 15.9. The van der Waals surface area contributed by atoms with Crippen molar-refractivity contribution in [3.05, 3.63) is 59.2 Å². The van der Waals surface area contributed by atoms with Crippen LogP contribution in [0.3, 0.4) is 0 Å². The van der Waals surface area contributed by atoms with Gasteiger partial charge in [-0.25, -0.2) is 0 Å². The van der Waals surface area contributed by atoms with E-state index < -0.39 is 0 Å². The lowest BCUT2D eigenvalue weighted by Gasteiger charge is -2.31. The number of carbonyl (C=O) groups is 1. The molecule has 2 aromatic carbocycles. The third kappa shape index (κ3) is 3.52. The van der Waals surface area contributed by atoms with Crippen LogP contribution in [-0.4, -0.2) is 37.6 Å². The lowest BCUT2D eigenvalue weighted by atomic mass is 9.98. The Bertz CT molecular complexity index is 822. The number of benzene rings is 2. The van der Waals surface area contributed by atoms with Crippen LogP contribution in [0.5, 0.6) is 11.5 Å². The Morgan fingerprint density at radius 2 is 1.74 bits per heavy atom. The highest BCUT2D eigenvalue weighted by molar-refractivity contribution is 5.82. The summed E-state index contributed by atoms with van der Waals surface area (Å²) in [6.07, 6.45) is 2.72. The van der Waals surface area contributed by atoms with Gasteiger partial charge in [-0.1, -0.05) is 30.3 Å². The Labute approximate surface area is 160 Å². The van der Waals surface area contributed by atoms with E-state index in [0.717, 1.165) is 37.1 Å². The second kappa shape index (κ2) is 7.61. The van der Waals surface area contributed by atoms with Crippen molar-refractivity contribution in [2.24, 2.45) is 0 Å². The van der Waals surface area contributed by atoms with Crippen LogP contribution in [-0.2, 0) is 17.8 Å². The first kappa shape index (κ1) is 17.9. The van der Waals surface area contributed by atoms with E-state index in [1.54, 1.807) is 14.2 Å². The largest absolute Gasteiger partial charge is 0.493 e. The number of nitrogens with zero attached hydrogens (tertiary/aromatic N) is 1. The minimum Gasteiger partial charge on any atom is -0.493 e. The van der Waals surface area contributed by atoms with Crippen molar-refractivity contribution in [1.82, 2.24) is 10.2 Å². The minimum absolute atomic E-state index is 0.100. The lowest BCUT2D eigenvalue weighted by Crippen LogP contribution is -2.46. The number of nitrogens with one attached hydrogen (secondary N) is 1. The molecule has 0 aliphatic carbocycles. The van der Waals surface area contributed by atoms with Crippen molar-refractivity contribution in [2.75, 3.05) is 20.8 Å². The molecule has 1 N–H and O–H groups in total. The number of hydrogen-bond acceptors (Lipinski definition) is 4. The first-order valence-electron chi connectivity index (χ1n) is 9.53. The van der Waals surface area contributed by atoms with Gasteiger partial charge in [-0.3, -0.25) is 10.1 Å². The number of amides is 1. The minimum atomic E-state index is -0.100. The maximum Gasteiger partial charge on any atom is 0.240 e. The fourth-order valence-corrected chi connectivity index (χ4v) is 4.18. The molecule has 1 amide bonds. The molecule has 4 rings (SSSR count). The predicted molar refractivity (Wildman–Crippen MR) is 104 cm³/mol. The number of ether oxygens (including phenoxy) is 2. The van der Waals surface area contributed by atoms with E-state index in [4.69, 9.17) is 9.47 Å². The summed E-state index contributed by atoms with van der Waals surface area (Å²) in [4.78, 5) is 15.0. The third-order valence-electron chi connectivity index (χ3n) is 5.68. The van der Waals surface area contributed by atoms with Crippen molar-refractivity contribution < 1.29 is 14.3 Å². The van der Waals surface area contributed by atoms with Crippen LogP contribution in [0.1, 0.15) is 35.6 Å². The van der Waals surface area contributed by atoms with Crippen LogP contribution in [0.15, 0.2) is 42.5 Å².